The molecule has 2 heteroatoms. The molecule has 0 bridgehead atoms. The van der Waals surface area contributed by atoms with Gasteiger partial charge in [-0.15, -0.1) is 0 Å². The summed E-state index contributed by atoms with van der Waals surface area (Å²) in [5.41, 5.74) is 1.09. The Bertz CT molecular complexity index is 353. The third-order valence-electron chi connectivity index (χ3n) is 1.82. The Labute approximate surface area is 77.1 Å². The molecular formula is C11H10O2. The lowest BCUT2D eigenvalue weighted by Gasteiger charge is -1.96. The first-order valence-corrected chi connectivity index (χ1v) is 4.09. The van der Waals surface area contributed by atoms with Crippen LogP contribution in [0.4, 0.5) is 0 Å². The van der Waals surface area contributed by atoms with Crippen LogP contribution in [0, 0.1) is 0 Å². The van der Waals surface area contributed by atoms with Gasteiger partial charge in [-0.2, -0.15) is 0 Å². The van der Waals surface area contributed by atoms with Gasteiger partial charge in [-0.3, -0.25) is 0 Å². The van der Waals surface area contributed by atoms with E-state index in [4.69, 9.17) is 9.47 Å². The summed E-state index contributed by atoms with van der Waals surface area (Å²) in [6.07, 6.45) is 5.59. The van der Waals surface area contributed by atoms with Crippen molar-refractivity contribution in [3.05, 3.63) is 42.5 Å². The van der Waals surface area contributed by atoms with Crippen LogP contribution in [-0.2, 0) is 0 Å². The van der Waals surface area contributed by atoms with E-state index in [2.05, 4.69) is 6.58 Å². The molecule has 0 saturated carbocycles. The summed E-state index contributed by atoms with van der Waals surface area (Å²) in [6, 6.07) is 5.83. The van der Waals surface area contributed by atoms with E-state index in [0.29, 0.717) is 6.79 Å². The highest BCUT2D eigenvalue weighted by atomic mass is 16.7. The zero-order chi connectivity index (χ0) is 9.10. The van der Waals surface area contributed by atoms with Gasteiger partial charge in [-0.1, -0.05) is 30.9 Å². The molecule has 0 fully saturated rings. The molecule has 0 spiro atoms. The smallest absolute Gasteiger partial charge is 0.231 e. The molecule has 13 heavy (non-hydrogen) atoms. The second-order valence-corrected chi connectivity index (χ2v) is 2.71. The minimum Gasteiger partial charge on any atom is -0.454 e. The highest BCUT2D eigenvalue weighted by Crippen LogP contribution is 2.32. The molecule has 1 aromatic rings. The fourth-order valence-corrected chi connectivity index (χ4v) is 1.20. The molecule has 2 nitrogen and oxygen atoms in total. The zero-order valence-electron chi connectivity index (χ0n) is 7.19. The van der Waals surface area contributed by atoms with Gasteiger partial charge in [-0.25, -0.2) is 0 Å². The summed E-state index contributed by atoms with van der Waals surface area (Å²) in [6.45, 7) is 3.93. The molecule has 0 aliphatic carbocycles. The number of hydrogen-bond donors (Lipinski definition) is 0. The van der Waals surface area contributed by atoms with Crippen molar-refractivity contribution in [1.82, 2.24) is 0 Å². The molecule has 1 heterocycles. The highest BCUT2D eigenvalue weighted by Gasteiger charge is 2.11. The van der Waals surface area contributed by atoms with E-state index in [0.717, 1.165) is 17.1 Å². The average Bonchev–Trinajstić information content (AvgIpc) is 2.61. The van der Waals surface area contributed by atoms with Gasteiger partial charge in [0, 0.05) is 0 Å². The fraction of sp³-hybridized carbons (Fsp3) is 0.0909. The van der Waals surface area contributed by atoms with E-state index in [-0.39, 0.29) is 0 Å². The molecule has 0 radical (unpaired) electrons. The van der Waals surface area contributed by atoms with Crippen LogP contribution in [0.2, 0.25) is 0 Å². The van der Waals surface area contributed by atoms with Crippen LogP contribution in [0.15, 0.2) is 36.9 Å². The van der Waals surface area contributed by atoms with E-state index in [1.165, 1.54) is 0 Å². The number of rotatable bonds is 2. The second-order valence-electron chi connectivity index (χ2n) is 2.71. The Hall–Kier alpha value is -1.70. The Kier molecular flexibility index (Phi) is 2.04. The van der Waals surface area contributed by atoms with Crippen molar-refractivity contribution in [1.29, 1.82) is 0 Å². The summed E-state index contributed by atoms with van der Waals surface area (Å²) in [5, 5.41) is 0. The number of ether oxygens (including phenoxy) is 2. The standard InChI is InChI=1S/C11H10O2/c1-2-3-4-9-5-6-10-11(7-9)13-8-12-10/h2-7H,1,8H2/b4-3+. The van der Waals surface area contributed by atoms with Crippen LogP contribution in [-0.4, -0.2) is 6.79 Å². The van der Waals surface area contributed by atoms with Gasteiger partial charge in [0.05, 0.1) is 0 Å². The lowest BCUT2D eigenvalue weighted by Crippen LogP contribution is -1.92. The third kappa shape index (κ3) is 1.56. The molecule has 1 aromatic carbocycles. The van der Waals surface area contributed by atoms with Crippen molar-refractivity contribution >= 4 is 6.08 Å². The molecule has 0 aromatic heterocycles. The lowest BCUT2D eigenvalue weighted by molar-refractivity contribution is 0.174. The first-order valence-electron chi connectivity index (χ1n) is 4.09. The van der Waals surface area contributed by atoms with Crippen LogP contribution in [0.25, 0.3) is 6.08 Å². The molecule has 1 aliphatic heterocycles. The van der Waals surface area contributed by atoms with Crippen LogP contribution in [0.3, 0.4) is 0 Å². The largest absolute Gasteiger partial charge is 0.454 e. The normalized spacial score (nSPS) is 13.5. The van der Waals surface area contributed by atoms with Gasteiger partial charge in [0.15, 0.2) is 11.5 Å². The van der Waals surface area contributed by atoms with Gasteiger partial charge >= 0.3 is 0 Å². The Morgan fingerprint density at radius 2 is 2.08 bits per heavy atom. The average molecular weight is 174 g/mol. The van der Waals surface area contributed by atoms with Gasteiger partial charge in [0.25, 0.3) is 0 Å². The molecule has 0 atom stereocenters. The maximum Gasteiger partial charge on any atom is 0.231 e. The van der Waals surface area contributed by atoms with Crippen molar-refractivity contribution in [2.45, 2.75) is 0 Å². The maximum atomic E-state index is 5.24. The predicted octanol–water partition coefficient (Wildman–Crippen LogP) is 2.61. The van der Waals surface area contributed by atoms with Crippen molar-refractivity contribution in [2.75, 3.05) is 6.79 Å². The van der Waals surface area contributed by atoms with Crippen LogP contribution in [0.5, 0.6) is 11.5 Å². The monoisotopic (exact) mass is 174 g/mol. The summed E-state index contributed by atoms with van der Waals surface area (Å²) in [5.74, 6) is 1.63. The molecule has 0 saturated heterocycles. The summed E-state index contributed by atoms with van der Waals surface area (Å²) in [7, 11) is 0. The molecule has 66 valence electrons. The van der Waals surface area contributed by atoms with Crippen LogP contribution < -0.4 is 9.47 Å². The molecule has 1 aliphatic rings. The van der Waals surface area contributed by atoms with Crippen LogP contribution >= 0.6 is 0 Å². The Balaban J connectivity index is 2.30. The lowest BCUT2D eigenvalue weighted by atomic mass is 10.2. The summed E-state index contributed by atoms with van der Waals surface area (Å²) < 4.78 is 10.4. The topological polar surface area (TPSA) is 18.5 Å². The molecule has 0 amide bonds. The first kappa shape index (κ1) is 7.92. The van der Waals surface area contributed by atoms with Crippen LogP contribution in [0.1, 0.15) is 5.56 Å². The molecular weight excluding hydrogens is 164 g/mol. The van der Waals surface area contributed by atoms with E-state index in [9.17, 15) is 0 Å². The molecule has 0 unspecified atom stereocenters. The fourth-order valence-electron chi connectivity index (χ4n) is 1.20. The van der Waals surface area contributed by atoms with E-state index < -0.39 is 0 Å². The van der Waals surface area contributed by atoms with E-state index in [1.807, 2.05) is 30.4 Å². The second kappa shape index (κ2) is 3.35. The third-order valence-corrected chi connectivity index (χ3v) is 1.82. The number of hydrogen-bond acceptors (Lipinski definition) is 2. The van der Waals surface area contributed by atoms with E-state index >= 15 is 0 Å². The predicted molar refractivity (Wildman–Crippen MR) is 51.8 cm³/mol. The van der Waals surface area contributed by atoms with E-state index in [1.54, 1.807) is 6.08 Å². The van der Waals surface area contributed by atoms with Gasteiger partial charge in [0.1, 0.15) is 0 Å². The quantitative estimate of drug-likeness (QED) is 0.641. The highest BCUT2D eigenvalue weighted by molar-refractivity contribution is 5.57. The Morgan fingerprint density at radius 3 is 2.92 bits per heavy atom. The zero-order valence-corrected chi connectivity index (χ0v) is 7.19. The number of allylic oxidation sites excluding steroid dienone is 2. The summed E-state index contributed by atoms with van der Waals surface area (Å²) in [4.78, 5) is 0. The van der Waals surface area contributed by atoms with Crippen molar-refractivity contribution < 1.29 is 9.47 Å². The maximum absolute atomic E-state index is 5.24. The van der Waals surface area contributed by atoms with Gasteiger partial charge in [-0.05, 0) is 17.7 Å². The number of fused-ring (bicyclic) bond motifs is 1. The first-order chi connectivity index (χ1) is 6.40. The van der Waals surface area contributed by atoms with Crippen molar-refractivity contribution in [3.63, 3.8) is 0 Å². The number of benzene rings is 1. The van der Waals surface area contributed by atoms with Gasteiger partial charge < -0.3 is 9.47 Å². The SMILES string of the molecule is C=C/C=C/c1ccc2c(c1)OCO2. The van der Waals surface area contributed by atoms with Gasteiger partial charge in [0.2, 0.25) is 6.79 Å². The minimum absolute atomic E-state index is 0.323. The summed E-state index contributed by atoms with van der Waals surface area (Å²) >= 11 is 0. The minimum atomic E-state index is 0.323. The van der Waals surface area contributed by atoms with Crippen molar-refractivity contribution in [2.24, 2.45) is 0 Å². The molecule has 2 rings (SSSR count). The molecule has 0 N–H and O–H groups in total. The van der Waals surface area contributed by atoms with Crippen molar-refractivity contribution in [3.8, 4) is 11.5 Å². The Morgan fingerprint density at radius 1 is 1.23 bits per heavy atom.